The number of nitro benzene ring substituents is 1. The van der Waals surface area contributed by atoms with Gasteiger partial charge in [0.05, 0.1) is 21.3 Å². The van der Waals surface area contributed by atoms with Gasteiger partial charge in [0.15, 0.2) is 9.84 Å². The molecule has 9 nitrogen and oxygen atoms in total. The number of rotatable bonds is 6. The molecule has 32 heavy (non-hydrogen) atoms. The van der Waals surface area contributed by atoms with Crippen LogP contribution in [-0.2, 0) is 9.84 Å². The highest BCUT2D eigenvalue weighted by Gasteiger charge is 2.19. The van der Waals surface area contributed by atoms with Crippen molar-refractivity contribution in [3.05, 3.63) is 63.5 Å². The summed E-state index contributed by atoms with van der Waals surface area (Å²) in [5.74, 6) is -0.119. The molecule has 1 fully saturated rings. The first-order valence-corrected chi connectivity index (χ1v) is 12.4. The van der Waals surface area contributed by atoms with Crippen LogP contribution in [0.1, 0.15) is 0 Å². The second-order valence-corrected chi connectivity index (χ2v) is 10.6. The number of sulfone groups is 1. The van der Waals surface area contributed by atoms with Crippen LogP contribution in [0, 0.1) is 10.1 Å². The third kappa shape index (κ3) is 4.69. The van der Waals surface area contributed by atoms with Gasteiger partial charge in [-0.3, -0.25) is 15.1 Å². The molecule has 1 aliphatic rings. The van der Waals surface area contributed by atoms with E-state index in [1.54, 1.807) is 18.3 Å². The lowest BCUT2D eigenvalue weighted by Crippen LogP contribution is -2.41. The molecule has 4 rings (SSSR count). The third-order valence-electron chi connectivity index (χ3n) is 5.48. The van der Waals surface area contributed by atoms with E-state index in [2.05, 4.69) is 42.7 Å². The molecule has 0 radical (unpaired) electrons. The van der Waals surface area contributed by atoms with Gasteiger partial charge < -0.3 is 14.8 Å². The second-order valence-electron chi connectivity index (χ2n) is 7.70. The van der Waals surface area contributed by atoms with Gasteiger partial charge in [0.25, 0.3) is 5.69 Å². The van der Waals surface area contributed by atoms with E-state index >= 15 is 0 Å². The number of aromatic amines is 1. The highest BCUT2D eigenvalue weighted by atomic mass is 79.9. The van der Waals surface area contributed by atoms with Gasteiger partial charge in [-0.25, -0.2) is 8.42 Å². The average Bonchev–Trinajstić information content (AvgIpc) is 3.18. The number of aromatic nitrogens is 2. The van der Waals surface area contributed by atoms with Crippen LogP contribution in [0.25, 0.3) is 22.2 Å². The normalized spacial score (nSPS) is 15.6. The molecule has 1 aliphatic heterocycles. The second kappa shape index (κ2) is 9.00. The lowest BCUT2D eigenvalue weighted by molar-refractivity contribution is -0.384. The van der Waals surface area contributed by atoms with Crippen molar-refractivity contribution in [3.8, 4) is 11.3 Å². The van der Waals surface area contributed by atoms with E-state index in [-0.39, 0.29) is 16.3 Å². The summed E-state index contributed by atoms with van der Waals surface area (Å²) in [4.78, 5) is 22.6. The zero-order chi connectivity index (χ0) is 22.9. The van der Waals surface area contributed by atoms with Gasteiger partial charge in [0, 0.05) is 71.6 Å². The third-order valence-corrected chi connectivity index (χ3v) is 7.65. The van der Waals surface area contributed by atoms with Crippen molar-refractivity contribution in [1.29, 1.82) is 0 Å². The van der Waals surface area contributed by atoms with E-state index in [1.165, 1.54) is 24.4 Å². The van der Waals surface area contributed by atoms with E-state index < -0.39 is 14.8 Å². The monoisotopic (exact) mass is 519 g/mol. The Bertz CT molecular complexity index is 1300. The highest BCUT2D eigenvalue weighted by molar-refractivity contribution is 9.10. The number of likely N-dealkylation sites (N-methyl/N-ethyl adjacent to an activating group) is 1. The van der Waals surface area contributed by atoms with Crippen LogP contribution in [-0.4, -0.2) is 72.1 Å². The number of pyridine rings is 1. The number of fused-ring (bicyclic) bond motifs is 1. The van der Waals surface area contributed by atoms with Crippen LogP contribution >= 0.6 is 15.9 Å². The van der Waals surface area contributed by atoms with Gasteiger partial charge in [-0.2, -0.15) is 0 Å². The number of nitrogens with one attached hydrogen (secondary N) is 1. The largest absolute Gasteiger partial charge is 0.375 e. The molecule has 0 aliphatic carbocycles. The average molecular weight is 520 g/mol. The Morgan fingerprint density at radius 3 is 2.69 bits per heavy atom. The Morgan fingerprint density at radius 2 is 2.00 bits per heavy atom. The van der Waals surface area contributed by atoms with Crippen LogP contribution in [0.3, 0.4) is 0 Å². The van der Waals surface area contributed by atoms with Crippen molar-refractivity contribution in [1.82, 2.24) is 19.8 Å². The van der Waals surface area contributed by atoms with E-state index in [9.17, 15) is 18.5 Å². The van der Waals surface area contributed by atoms with E-state index in [1.807, 2.05) is 6.20 Å². The lowest BCUT2D eigenvalue weighted by atomic mass is 10.1. The van der Waals surface area contributed by atoms with Gasteiger partial charge in [-0.1, -0.05) is 6.08 Å². The number of benzene rings is 1. The fourth-order valence-electron chi connectivity index (χ4n) is 3.59. The first kappa shape index (κ1) is 22.4. The molecular weight excluding hydrogens is 498 g/mol. The maximum absolute atomic E-state index is 12.8. The molecule has 1 saturated heterocycles. The quantitative estimate of drug-likeness (QED) is 0.392. The maximum Gasteiger partial charge on any atom is 0.270 e. The molecule has 0 spiro atoms. The van der Waals surface area contributed by atoms with Crippen LogP contribution < -0.4 is 0 Å². The number of halogens is 1. The van der Waals surface area contributed by atoms with Crippen molar-refractivity contribution >= 4 is 42.4 Å². The molecular formula is C21H22BrN5O4S. The summed E-state index contributed by atoms with van der Waals surface area (Å²) in [7, 11) is -1.49. The fraction of sp³-hybridized carbons (Fsp3) is 0.286. The van der Waals surface area contributed by atoms with Gasteiger partial charge in [-0.15, -0.1) is 0 Å². The number of nitro groups is 1. The van der Waals surface area contributed by atoms with Crippen molar-refractivity contribution in [2.45, 2.75) is 4.90 Å². The number of hydrogen-bond donors (Lipinski definition) is 1. The van der Waals surface area contributed by atoms with E-state index in [0.29, 0.717) is 21.1 Å². The van der Waals surface area contributed by atoms with Crippen molar-refractivity contribution < 1.29 is 13.3 Å². The number of piperazine rings is 1. The molecule has 168 valence electrons. The number of nitrogens with zero attached hydrogens (tertiary/aromatic N) is 4. The minimum Gasteiger partial charge on any atom is -0.375 e. The van der Waals surface area contributed by atoms with E-state index in [4.69, 9.17) is 0 Å². The summed E-state index contributed by atoms with van der Waals surface area (Å²) >= 11 is 3.42. The lowest BCUT2D eigenvalue weighted by Gasteiger charge is -2.31. The zero-order valence-corrected chi connectivity index (χ0v) is 19.8. The van der Waals surface area contributed by atoms with Crippen LogP contribution in [0.15, 0.2) is 58.3 Å². The Balaban J connectivity index is 1.56. The van der Waals surface area contributed by atoms with Crippen LogP contribution in [0.4, 0.5) is 5.69 Å². The number of H-pyrrole nitrogens is 1. The van der Waals surface area contributed by atoms with Gasteiger partial charge in [0.2, 0.25) is 0 Å². The summed E-state index contributed by atoms with van der Waals surface area (Å²) in [5.41, 5.74) is 1.85. The molecule has 1 aromatic carbocycles. The minimum absolute atomic E-state index is 0.0270. The van der Waals surface area contributed by atoms with Crippen LogP contribution in [0.2, 0.25) is 0 Å². The summed E-state index contributed by atoms with van der Waals surface area (Å²) in [6.45, 7) is 3.65. The molecule has 2 aromatic heterocycles. The molecule has 3 heterocycles. The predicted octanol–water partition coefficient (Wildman–Crippen LogP) is 3.44. The Morgan fingerprint density at radius 1 is 1.25 bits per heavy atom. The summed E-state index contributed by atoms with van der Waals surface area (Å²) in [6, 6.07) is 6.06. The first-order chi connectivity index (χ1) is 15.2. The molecule has 3 aromatic rings. The van der Waals surface area contributed by atoms with Crippen molar-refractivity contribution in [2.24, 2.45) is 0 Å². The summed E-state index contributed by atoms with van der Waals surface area (Å²) < 4.78 is 26.1. The summed E-state index contributed by atoms with van der Waals surface area (Å²) in [5, 5.41) is 11.8. The predicted molar refractivity (Wildman–Crippen MR) is 126 cm³/mol. The minimum atomic E-state index is -3.55. The van der Waals surface area contributed by atoms with Crippen LogP contribution in [0.5, 0.6) is 0 Å². The highest BCUT2D eigenvalue weighted by Crippen LogP contribution is 2.35. The molecule has 0 atom stereocenters. The maximum atomic E-state index is 12.8. The molecule has 0 amide bonds. The molecule has 11 heteroatoms. The SMILES string of the molecule is CN1CCN(C=CCS(=O)(=O)c2cnc(-c3c[nH]c4ccc([N+](=O)[O-])cc34)c(Br)c2)CC1. The Hall–Kier alpha value is -2.76. The molecule has 0 bridgehead atoms. The van der Waals surface area contributed by atoms with Gasteiger partial charge in [0.1, 0.15) is 0 Å². The number of non-ortho nitro benzene ring substituents is 1. The molecule has 0 saturated carbocycles. The number of hydrogen-bond acceptors (Lipinski definition) is 7. The molecule has 0 unspecified atom stereocenters. The first-order valence-electron chi connectivity index (χ1n) is 9.98. The Labute approximate surface area is 193 Å². The molecule has 1 N–H and O–H groups in total. The smallest absolute Gasteiger partial charge is 0.270 e. The fourth-order valence-corrected chi connectivity index (χ4v) is 5.35. The zero-order valence-electron chi connectivity index (χ0n) is 17.4. The topological polar surface area (TPSA) is 112 Å². The standard InChI is InChI=1S/C21H22BrN5O4S/c1-25-6-8-26(9-7-25)5-2-10-32(30,31)16-12-19(22)21(24-13-16)18-14-23-20-4-3-15(27(28)29)11-17(18)20/h2-5,11-14,23H,6-10H2,1H3. The van der Waals surface area contributed by atoms with Gasteiger partial charge in [-0.05, 0) is 41.3 Å². The van der Waals surface area contributed by atoms with E-state index in [0.717, 1.165) is 31.7 Å². The van der Waals surface area contributed by atoms with Crippen molar-refractivity contribution in [2.75, 3.05) is 39.0 Å². The van der Waals surface area contributed by atoms with Gasteiger partial charge >= 0.3 is 0 Å². The summed E-state index contributed by atoms with van der Waals surface area (Å²) in [6.07, 6.45) is 6.55. The van der Waals surface area contributed by atoms with Crippen molar-refractivity contribution in [3.63, 3.8) is 0 Å². The Kier molecular flexibility index (Phi) is 6.31.